The van der Waals surface area contributed by atoms with Crippen LogP contribution in [0.5, 0.6) is 0 Å². The summed E-state index contributed by atoms with van der Waals surface area (Å²) in [5.74, 6) is -0.363. The zero-order chi connectivity index (χ0) is 11.5. The highest BCUT2D eigenvalue weighted by molar-refractivity contribution is 5.74. The third-order valence-electron chi connectivity index (χ3n) is 2.24. The van der Waals surface area contributed by atoms with E-state index in [-0.39, 0.29) is 6.42 Å². The monoisotopic (exact) mass is 218 g/mol. The summed E-state index contributed by atoms with van der Waals surface area (Å²) in [5.41, 5.74) is 2.12. The lowest BCUT2D eigenvalue weighted by Gasteiger charge is -2.02. The van der Waals surface area contributed by atoms with Crippen molar-refractivity contribution < 1.29 is 14.3 Å². The van der Waals surface area contributed by atoms with Crippen molar-refractivity contribution in [3.63, 3.8) is 0 Å². The smallest absolute Gasteiger partial charge is 0.307 e. The highest BCUT2D eigenvalue weighted by atomic mass is 16.4. The number of aromatic nitrogens is 2. The summed E-state index contributed by atoms with van der Waals surface area (Å²) < 4.78 is 5.29. The molecule has 0 atom stereocenters. The van der Waals surface area contributed by atoms with E-state index in [2.05, 4.69) is 9.97 Å². The molecule has 0 aliphatic heterocycles. The second kappa shape index (κ2) is 4.14. The third-order valence-corrected chi connectivity index (χ3v) is 2.24. The van der Waals surface area contributed by atoms with Gasteiger partial charge in [-0.15, -0.1) is 0 Å². The molecule has 2 aromatic heterocycles. The topological polar surface area (TPSA) is 76.2 Å². The van der Waals surface area contributed by atoms with E-state index < -0.39 is 5.97 Å². The van der Waals surface area contributed by atoms with Crippen LogP contribution < -0.4 is 0 Å². The Hall–Kier alpha value is -2.17. The van der Waals surface area contributed by atoms with Crippen LogP contribution in [-0.2, 0) is 11.2 Å². The number of furan rings is 1. The normalized spacial score (nSPS) is 10.3. The Morgan fingerprint density at radius 2 is 2.38 bits per heavy atom. The minimum absolute atomic E-state index is 0.0693. The lowest BCUT2D eigenvalue weighted by Crippen LogP contribution is -2.00. The minimum atomic E-state index is -0.892. The number of rotatable bonds is 3. The standard InChI is InChI=1S/C11H10N2O3/c1-7-9(5-12-6-13-7)11-8(2-3-16-11)4-10(14)15/h2-3,5-6H,4H2,1H3,(H,14,15). The fraction of sp³-hybridized carbons (Fsp3) is 0.182. The van der Waals surface area contributed by atoms with E-state index in [1.54, 1.807) is 12.3 Å². The molecule has 0 amide bonds. The number of carbonyl (C=O) groups is 1. The van der Waals surface area contributed by atoms with Crippen LogP contribution in [0.4, 0.5) is 0 Å². The molecule has 2 rings (SSSR count). The summed E-state index contributed by atoms with van der Waals surface area (Å²) in [6, 6.07) is 1.65. The molecule has 0 saturated heterocycles. The predicted molar refractivity (Wildman–Crippen MR) is 55.8 cm³/mol. The molecule has 0 fully saturated rings. The number of aryl methyl sites for hydroxylation is 1. The Bertz CT molecular complexity index is 519. The fourth-order valence-electron chi connectivity index (χ4n) is 1.49. The first-order chi connectivity index (χ1) is 7.68. The molecule has 0 aromatic carbocycles. The van der Waals surface area contributed by atoms with Crippen molar-refractivity contribution >= 4 is 5.97 Å². The number of carboxylic acids is 1. The van der Waals surface area contributed by atoms with Gasteiger partial charge >= 0.3 is 5.97 Å². The molecule has 0 radical (unpaired) electrons. The summed E-state index contributed by atoms with van der Waals surface area (Å²) in [6.07, 6.45) is 4.46. The Morgan fingerprint density at radius 1 is 1.56 bits per heavy atom. The van der Waals surface area contributed by atoms with Crippen molar-refractivity contribution in [1.29, 1.82) is 0 Å². The van der Waals surface area contributed by atoms with Gasteiger partial charge in [-0.05, 0) is 13.0 Å². The van der Waals surface area contributed by atoms with Crippen LogP contribution in [0.25, 0.3) is 11.3 Å². The van der Waals surface area contributed by atoms with Gasteiger partial charge in [0.05, 0.1) is 23.9 Å². The first kappa shape index (κ1) is 10.4. The summed E-state index contributed by atoms with van der Waals surface area (Å²) >= 11 is 0. The number of hydrogen-bond donors (Lipinski definition) is 1. The van der Waals surface area contributed by atoms with Crippen LogP contribution >= 0.6 is 0 Å². The molecule has 0 aliphatic carbocycles. The second-order valence-corrected chi connectivity index (χ2v) is 3.37. The minimum Gasteiger partial charge on any atom is -0.481 e. The Kier molecular flexibility index (Phi) is 2.68. The highest BCUT2D eigenvalue weighted by Crippen LogP contribution is 2.26. The molecule has 0 unspecified atom stereocenters. The average molecular weight is 218 g/mol. The van der Waals surface area contributed by atoms with Gasteiger partial charge in [0.2, 0.25) is 0 Å². The van der Waals surface area contributed by atoms with Crippen LogP contribution in [0.3, 0.4) is 0 Å². The molecule has 16 heavy (non-hydrogen) atoms. The van der Waals surface area contributed by atoms with Crippen molar-refractivity contribution in [1.82, 2.24) is 9.97 Å². The van der Waals surface area contributed by atoms with Gasteiger partial charge in [-0.2, -0.15) is 0 Å². The highest BCUT2D eigenvalue weighted by Gasteiger charge is 2.14. The largest absolute Gasteiger partial charge is 0.481 e. The van der Waals surface area contributed by atoms with Gasteiger partial charge in [-0.25, -0.2) is 9.97 Å². The molecule has 82 valence electrons. The fourth-order valence-corrected chi connectivity index (χ4v) is 1.49. The van der Waals surface area contributed by atoms with E-state index in [0.717, 1.165) is 11.3 Å². The lowest BCUT2D eigenvalue weighted by molar-refractivity contribution is -0.136. The van der Waals surface area contributed by atoms with E-state index in [0.29, 0.717) is 11.3 Å². The first-order valence-corrected chi connectivity index (χ1v) is 4.73. The van der Waals surface area contributed by atoms with Gasteiger partial charge < -0.3 is 9.52 Å². The molecular formula is C11H10N2O3. The predicted octanol–water partition coefficient (Wildman–Crippen LogP) is 1.67. The quantitative estimate of drug-likeness (QED) is 0.847. The van der Waals surface area contributed by atoms with Crippen LogP contribution in [0.15, 0.2) is 29.3 Å². The van der Waals surface area contributed by atoms with E-state index >= 15 is 0 Å². The Labute approximate surface area is 91.8 Å². The molecule has 1 N–H and O–H groups in total. The van der Waals surface area contributed by atoms with E-state index in [4.69, 9.17) is 9.52 Å². The zero-order valence-electron chi connectivity index (χ0n) is 8.67. The molecule has 2 heterocycles. The van der Waals surface area contributed by atoms with Crippen LogP contribution in [0.1, 0.15) is 11.3 Å². The summed E-state index contributed by atoms with van der Waals surface area (Å²) in [5, 5.41) is 8.75. The van der Waals surface area contributed by atoms with Crippen molar-refractivity contribution in [2.45, 2.75) is 13.3 Å². The maximum Gasteiger partial charge on any atom is 0.307 e. The van der Waals surface area contributed by atoms with Gasteiger partial charge in [0.1, 0.15) is 12.1 Å². The number of aliphatic carboxylic acids is 1. The Morgan fingerprint density at radius 3 is 3.06 bits per heavy atom. The Balaban J connectivity index is 2.45. The molecule has 0 saturated carbocycles. The van der Waals surface area contributed by atoms with Gasteiger partial charge in [-0.3, -0.25) is 4.79 Å². The third kappa shape index (κ3) is 1.93. The maximum atomic E-state index is 10.7. The average Bonchev–Trinajstić information content (AvgIpc) is 2.66. The molecule has 0 aliphatic rings. The van der Waals surface area contributed by atoms with E-state index in [1.807, 2.05) is 6.92 Å². The lowest BCUT2D eigenvalue weighted by atomic mass is 10.1. The first-order valence-electron chi connectivity index (χ1n) is 4.73. The second-order valence-electron chi connectivity index (χ2n) is 3.37. The SMILES string of the molecule is Cc1ncncc1-c1occc1CC(=O)O. The van der Waals surface area contributed by atoms with Crippen LogP contribution in [0, 0.1) is 6.92 Å². The number of nitrogens with zero attached hydrogens (tertiary/aromatic N) is 2. The van der Waals surface area contributed by atoms with Gasteiger partial charge in [0, 0.05) is 11.8 Å². The zero-order valence-corrected chi connectivity index (χ0v) is 8.67. The van der Waals surface area contributed by atoms with E-state index in [9.17, 15) is 4.79 Å². The van der Waals surface area contributed by atoms with Crippen molar-refractivity contribution in [3.8, 4) is 11.3 Å². The molecule has 0 spiro atoms. The molecule has 5 heteroatoms. The van der Waals surface area contributed by atoms with Crippen LogP contribution in [-0.4, -0.2) is 21.0 Å². The number of hydrogen-bond acceptors (Lipinski definition) is 4. The molecule has 0 bridgehead atoms. The molecule has 5 nitrogen and oxygen atoms in total. The van der Waals surface area contributed by atoms with Crippen molar-refractivity contribution in [3.05, 3.63) is 36.1 Å². The van der Waals surface area contributed by atoms with Crippen molar-refractivity contribution in [2.75, 3.05) is 0 Å². The summed E-state index contributed by atoms with van der Waals surface area (Å²) in [7, 11) is 0. The van der Waals surface area contributed by atoms with Gasteiger partial charge in [-0.1, -0.05) is 0 Å². The summed E-state index contributed by atoms with van der Waals surface area (Å²) in [4.78, 5) is 18.6. The van der Waals surface area contributed by atoms with Crippen LogP contribution in [0.2, 0.25) is 0 Å². The summed E-state index contributed by atoms with van der Waals surface area (Å²) in [6.45, 7) is 1.82. The molecular weight excluding hydrogens is 208 g/mol. The molecule has 2 aromatic rings. The van der Waals surface area contributed by atoms with Gasteiger partial charge in [0.15, 0.2) is 0 Å². The van der Waals surface area contributed by atoms with Crippen molar-refractivity contribution in [2.24, 2.45) is 0 Å². The maximum absolute atomic E-state index is 10.7. The number of carboxylic acid groups (broad SMARTS) is 1. The van der Waals surface area contributed by atoms with Gasteiger partial charge in [0.25, 0.3) is 0 Å². The van der Waals surface area contributed by atoms with E-state index in [1.165, 1.54) is 12.6 Å².